The molecule has 0 radical (unpaired) electrons. The Balaban J connectivity index is 2.26. The number of carboxylic acids is 1. The number of carbonyl (C=O) groups is 1. The molecule has 1 N–H and O–H groups in total. The van der Waals surface area contributed by atoms with E-state index in [1.807, 2.05) is 6.07 Å². The monoisotopic (exact) mass is 274 g/mol. The molecule has 20 heavy (non-hydrogen) atoms. The molecule has 7 heteroatoms. The number of rotatable bonds is 5. The average Bonchev–Trinajstić information content (AvgIpc) is 2.45. The number of benzene rings is 1. The maximum atomic E-state index is 10.8. The first-order valence-corrected chi connectivity index (χ1v) is 5.62. The molecule has 2 aromatic rings. The summed E-state index contributed by atoms with van der Waals surface area (Å²) < 4.78 is 5.31. The topological polar surface area (TPSA) is 103 Å². The van der Waals surface area contributed by atoms with Gasteiger partial charge in [0.1, 0.15) is 12.2 Å². The summed E-state index contributed by atoms with van der Waals surface area (Å²) >= 11 is 0. The number of hydrogen-bond donors (Lipinski definition) is 1. The molecule has 2 rings (SSSR count). The number of carboxylic acid groups (broad SMARTS) is 1. The van der Waals surface area contributed by atoms with Crippen LogP contribution >= 0.6 is 0 Å². The third-order valence-corrected chi connectivity index (χ3v) is 2.49. The number of nitrogens with zero attached hydrogens (tertiary/aromatic N) is 2. The van der Waals surface area contributed by atoms with E-state index in [9.17, 15) is 14.9 Å². The van der Waals surface area contributed by atoms with Crippen molar-refractivity contribution in [3.63, 3.8) is 0 Å². The summed E-state index contributed by atoms with van der Waals surface area (Å²) in [5.74, 6) is -1.90. The first-order chi connectivity index (χ1) is 9.58. The van der Waals surface area contributed by atoms with Gasteiger partial charge in [0, 0.05) is 6.07 Å². The highest BCUT2D eigenvalue weighted by molar-refractivity contribution is 5.88. The van der Waals surface area contributed by atoms with Gasteiger partial charge in [-0.3, -0.25) is 0 Å². The van der Waals surface area contributed by atoms with Gasteiger partial charge in [-0.05, 0) is 15.5 Å². The van der Waals surface area contributed by atoms with Crippen molar-refractivity contribution in [2.75, 3.05) is 0 Å². The van der Waals surface area contributed by atoms with E-state index in [1.165, 1.54) is 0 Å². The molecule has 102 valence electrons. The summed E-state index contributed by atoms with van der Waals surface area (Å²) in [7, 11) is 0. The van der Waals surface area contributed by atoms with Crippen LogP contribution in [0.15, 0.2) is 42.6 Å². The van der Waals surface area contributed by atoms with Crippen molar-refractivity contribution in [2.45, 2.75) is 6.61 Å². The summed E-state index contributed by atoms with van der Waals surface area (Å²) in [4.78, 5) is 24.5. The van der Waals surface area contributed by atoms with Crippen molar-refractivity contribution in [2.24, 2.45) is 0 Å². The Morgan fingerprint density at radius 3 is 2.65 bits per heavy atom. The molecule has 0 atom stereocenters. The number of nitro groups is 1. The van der Waals surface area contributed by atoms with Gasteiger partial charge in [0.25, 0.3) is 0 Å². The number of hydrogen-bond acceptors (Lipinski definition) is 5. The highest BCUT2D eigenvalue weighted by atomic mass is 16.6. The van der Waals surface area contributed by atoms with Crippen LogP contribution in [0.25, 0.3) is 0 Å². The number of pyridine rings is 1. The van der Waals surface area contributed by atoms with E-state index in [-0.39, 0.29) is 17.9 Å². The van der Waals surface area contributed by atoms with Gasteiger partial charge in [0.15, 0.2) is 6.20 Å². The van der Waals surface area contributed by atoms with E-state index in [0.29, 0.717) is 0 Å². The Labute approximate surface area is 113 Å². The second-order valence-corrected chi connectivity index (χ2v) is 3.88. The lowest BCUT2D eigenvalue weighted by Crippen LogP contribution is -2.04. The van der Waals surface area contributed by atoms with Gasteiger partial charge in [-0.1, -0.05) is 30.3 Å². The molecule has 0 aliphatic carbocycles. The molecule has 1 heterocycles. The fourth-order valence-corrected chi connectivity index (χ4v) is 1.53. The molecule has 0 aliphatic rings. The van der Waals surface area contributed by atoms with Crippen LogP contribution in [0, 0.1) is 10.1 Å². The Hall–Kier alpha value is -2.96. The molecule has 0 amide bonds. The minimum Gasteiger partial charge on any atom is -0.481 e. The molecule has 0 spiro atoms. The third kappa shape index (κ3) is 3.08. The quantitative estimate of drug-likeness (QED) is 0.662. The zero-order chi connectivity index (χ0) is 14.5. The lowest BCUT2D eigenvalue weighted by molar-refractivity contribution is -0.390. The van der Waals surface area contributed by atoms with Crippen molar-refractivity contribution in [3.05, 3.63) is 63.8 Å². The van der Waals surface area contributed by atoms with Crippen LogP contribution in [0.5, 0.6) is 5.75 Å². The summed E-state index contributed by atoms with van der Waals surface area (Å²) in [6, 6.07) is 10.1. The Morgan fingerprint density at radius 2 is 2.05 bits per heavy atom. The minimum atomic E-state index is -1.23. The van der Waals surface area contributed by atoms with Crippen molar-refractivity contribution in [1.82, 2.24) is 4.98 Å². The molecule has 1 aromatic carbocycles. The molecule has 0 bridgehead atoms. The van der Waals surface area contributed by atoms with Crippen molar-refractivity contribution in [3.8, 4) is 5.75 Å². The predicted octanol–water partition coefficient (Wildman–Crippen LogP) is 2.27. The second kappa shape index (κ2) is 5.79. The van der Waals surface area contributed by atoms with E-state index >= 15 is 0 Å². The molecule has 0 aliphatic heterocycles. The van der Waals surface area contributed by atoms with E-state index in [4.69, 9.17) is 9.84 Å². The van der Waals surface area contributed by atoms with Crippen LogP contribution in [0.3, 0.4) is 0 Å². The number of aromatic carboxylic acids is 1. The van der Waals surface area contributed by atoms with Crippen molar-refractivity contribution >= 4 is 11.8 Å². The largest absolute Gasteiger partial charge is 0.481 e. The molecular weight excluding hydrogens is 264 g/mol. The van der Waals surface area contributed by atoms with Crippen LogP contribution < -0.4 is 4.74 Å². The summed E-state index contributed by atoms with van der Waals surface area (Å²) in [6.45, 7) is 0.0897. The Morgan fingerprint density at radius 1 is 1.35 bits per heavy atom. The summed E-state index contributed by atoms with van der Waals surface area (Å²) in [5.41, 5.74) is 0.640. The van der Waals surface area contributed by atoms with Gasteiger partial charge < -0.3 is 20.0 Å². The van der Waals surface area contributed by atoms with Gasteiger partial charge in [0.05, 0.1) is 0 Å². The molecule has 7 nitrogen and oxygen atoms in total. The first-order valence-electron chi connectivity index (χ1n) is 5.62. The first kappa shape index (κ1) is 13.5. The maximum Gasteiger partial charge on any atom is 0.406 e. The Kier molecular flexibility index (Phi) is 3.90. The number of ether oxygens (including phenoxy) is 1. The highest BCUT2D eigenvalue weighted by Crippen LogP contribution is 2.26. The zero-order valence-corrected chi connectivity index (χ0v) is 10.2. The normalized spacial score (nSPS) is 10.0. The van der Waals surface area contributed by atoms with Gasteiger partial charge in [-0.15, -0.1) is 0 Å². The van der Waals surface area contributed by atoms with Crippen molar-refractivity contribution in [1.29, 1.82) is 0 Å². The highest BCUT2D eigenvalue weighted by Gasteiger charge is 2.20. The minimum absolute atomic E-state index is 0.0897. The van der Waals surface area contributed by atoms with Crippen molar-refractivity contribution < 1.29 is 19.6 Å². The fraction of sp³-hybridized carbons (Fsp3) is 0.0769. The van der Waals surface area contributed by atoms with Gasteiger partial charge in [-0.2, -0.15) is 0 Å². The smallest absolute Gasteiger partial charge is 0.406 e. The standard InChI is InChI=1S/C13H10N2O5/c16-13(17)10-6-11(12(14-7-10)15(18)19)20-8-9-4-2-1-3-5-9/h1-7H,8H2,(H,16,17). The molecule has 1 aromatic heterocycles. The maximum absolute atomic E-state index is 10.8. The van der Waals surface area contributed by atoms with Crippen LogP contribution in [0.1, 0.15) is 15.9 Å². The van der Waals surface area contributed by atoms with E-state index in [1.54, 1.807) is 24.3 Å². The Bertz CT molecular complexity index is 642. The second-order valence-electron chi connectivity index (χ2n) is 3.88. The third-order valence-electron chi connectivity index (χ3n) is 2.49. The summed E-state index contributed by atoms with van der Waals surface area (Å²) in [5, 5.41) is 19.7. The van der Waals surface area contributed by atoms with Crippen LogP contribution in [0.4, 0.5) is 5.82 Å². The van der Waals surface area contributed by atoms with Gasteiger partial charge >= 0.3 is 11.8 Å². The average molecular weight is 274 g/mol. The van der Waals surface area contributed by atoms with E-state index < -0.39 is 16.7 Å². The molecule has 0 unspecified atom stereocenters. The van der Waals surface area contributed by atoms with Crippen LogP contribution in [-0.4, -0.2) is 21.0 Å². The SMILES string of the molecule is O=C(O)c1cnc([N+](=O)[O-])c(OCc2ccccc2)c1. The molecule has 0 fully saturated rings. The number of aromatic nitrogens is 1. The molecule has 0 saturated heterocycles. The molecular formula is C13H10N2O5. The lowest BCUT2D eigenvalue weighted by Gasteiger charge is -2.06. The predicted molar refractivity (Wildman–Crippen MR) is 68.6 cm³/mol. The van der Waals surface area contributed by atoms with Crippen LogP contribution in [0.2, 0.25) is 0 Å². The van der Waals surface area contributed by atoms with Gasteiger partial charge in [0.2, 0.25) is 5.75 Å². The fourth-order valence-electron chi connectivity index (χ4n) is 1.53. The summed E-state index contributed by atoms with van der Waals surface area (Å²) in [6.07, 6.45) is 0.926. The van der Waals surface area contributed by atoms with Crippen LogP contribution in [-0.2, 0) is 6.61 Å². The van der Waals surface area contributed by atoms with Gasteiger partial charge in [-0.25, -0.2) is 4.79 Å². The molecule has 0 saturated carbocycles. The van der Waals surface area contributed by atoms with E-state index in [0.717, 1.165) is 17.8 Å². The zero-order valence-electron chi connectivity index (χ0n) is 10.2. The lowest BCUT2D eigenvalue weighted by atomic mass is 10.2. The van der Waals surface area contributed by atoms with E-state index in [2.05, 4.69) is 4.98 Å².